The number of benzene rings is 4. The van der Waals surface area contributed by atoms with Crippen LogP contribution in [0.1, 0.15) is 101 Å². The molecule has 8 aromatic rings. The number of amides is 4. The Morgan fingerprint density at radius 2 is 1.05 bits per heavy atom. The van der Waals surface area contributed by atoms with Gasteiger partial charge in [0.15, 0.2) is 0 Å². The number of carbonyl (C=O) groups excluding carboxylic acids is 4. The number of pyridine rings is 2. The molecule has 3 aliphatic heterocycles. The summed E-state index contributed by atoms with van der Waals surface area (Å²) in [7, 11) is 0. The maximum atomic E-state index is 12.7. The lowest BCUT2D eigenvalue weighted by Crippen LogP contribution is -2.34. The van der Waals surface area contributed by atoms with Crippen LogP contribution >= 0.6 is 22.7 Å². The topological polar surface area (TPSA) is 178 Å². The Bertz CT molecular complexity index is 3340. The number of carbonyl (C=O) groups is 4. The molecule has 0 radical (unpaired) electrons. The number of hydrogen-bond acceptors (Lipinski definition) is 11. The Kier molecular flexibility index (Phi) is 13.7. The third-order valence-electron chi connectivity index (χ3n) is 14.8. The number of aromatic nitrogens is 2. The molecule has 12 rings (SSSR count). The largest absolute Gasteiger partial charge is 0.381 e. The van der Waals surface area contributed by atoms with E-state index >= 15 is 0 Å². The third-order valence-corrected chi connectivity index (χ3v) is 17.1. The van der Waals surface area contributed by atoms with E-state index in [-0.39, 0.29) is 35.7 Å². The molecule has 2 atom stereocenters. The minimum Gasteiger partial charge on any atom is -0.381 e. The summed E-state index contributed by atoms with van der Waals surface area (Å²) in [6.07, 6.45) is 10.7. The number of thiophene rings is 2. The smallest absolute Gasteiger partial charge is 0.263 e. The van der Waals surface area contributed by atoms with Gasteiger partial charge in [-0.3, -0.25) is 19.2 Å². The molecule has 376 valence electrons. The monoisotopic (exact) mass is 1020 g/mol. The van der Waals surface area contributed by atoms with Gasteiger partial charge in [-0.25, -0.2) is 9.97 Å². The summed E-state index contributed by atoms with van der Waals surface area (Å²) < 4.78 is 2.13. The van der Waals surface area contributed by atoms with Gasteiger partial charge in [0, 0.05) is 78.6 Å². The van der Waals surface area contributed by atoms with Gasteiger partial charge in [0.05, 0.1) is 33.8 Å². The molecule has 4 aromatic heterocycles. The Hall–Kier alpha value is -7.46. The quantitative estimate of drug-likeness (QED) is 0.0730. The normalized spacial score (nSPS) is 18.1. The first-order valence-corrected chi connectivity index (χ1v) is 27.3. The predicted octanol–water partition coefficient (Wildman–Crippen LogP) is 12.1. The van der Waals surface area contributed by atoms with Crippen LogP contribution in [0.5, 0.6) is 0 Å². The Labute approximate surface area is 437 Å². The molecule has 4 aromatic carbocycles. The van der Waals surface area contributed by atoms with Crippen molar-refractivity contribution >= 4 is 111 Å². The lowest BCUT2D eigenvalue weighted by molar-refractivity contribution is -0.112. The number of anilines is 4. The molecular weight excluding hydrogens is 963 g/mol. The van der Waals surface area contributed by atoms with Crippen molar-refractivity contribution in [3.63, 3.8) is 0 Å². The summed E-state index contributed by atoms with van der Waals surface area (Å²) in [5, 5.41) is 26.7. The van der Waals surface area contributed by atoms with Crippen molar-refractivity contribution in [2.75, 3.05) is 47.4 Å². The molecule has 13 nitrogen and oxygen atoms in total. The lowest BCUT2D eigenvalue weighted by atomic mass is 9.83. The van der Waals surface area contributed by atoms with E-state index in [1.54, 1.807) is 0 Å². The van der Waals surface area contributed by atoms with Crippen LogP contribution in [0, 0.1) is 0 Å². The van der Waals surface area contributed by atoms with Crippen LogP contribution < -0.4 is 37.2 Å². The zero-order valence-electron chi connectivity index (χ0n) is 41.6. The highest BCUT2D eigenvalue weighted by atomic mass is 32.1. The molecule has 1 saturated heterocycles. The molecular formula is C59H59N9O4S2. The standard InChI is InChI=1S/C30H30N4O2S.C29H29N5O2S/c1-3-26(35)34-24-15-19(9-10-20(24)18-7-5-4-6-8-18)22-12-11-21-23(33-22)13-14-25-27(21)28-29(37-25)30(36)32-17(2)16-31-28;1-3-25(35)34-23-14-18(4-5-19(23)17-10-12-30-13-11-17)21-7-6-20-22(33-21)8-9-24-26(20)27-28(37-24)29(36)32-16(2)15-31-27/h3,9-15,17-18,31H,1,4-8,16H2,2H3,(H,32,36)(H,34,35);3-9,14,16-17,30-31H,1,10-13,15H2,2H3,(H,32,36)(H,34,35)/t17-;16-/m11/s1. The molecule has 74 heavy (non-hydrogen) atoms. The lowest BCUT2D eigenvalue weighted by Gasteiger charge is -2.25. The number of hydrogen-bond donors (Lipinski definition) is 7. The minimum absolute atomic E-state index is 0.0291. The van der Waals surface area contributed by atoms with Crippen molar-refractivity contribution in [2.24, 2.45) is 0 Å². The van der Waals surface area contributed by atoms with Crippen molar-refractivity contribution in [1.29, 1.82) is 0 Å². The number of nitrogens with one attached hydrogen (secondary N) is 7. The number of nitrogens with zero attached hydrogens (tertiary/aromatic N) is 2. The average molecular weight is 1020 g/mol. The first-order chi connectivity index (χ1) is 36.0. The van der Waals surface area contributed by atoms with E-state index in [9.17, 15) is 19.2 Å². The first-order valence-electron chi connectivity index (χ1n) is 25.7. The van der Waals surface area contributed by atoms with Crippen LogP contribution in [0.15, 0.2) is 110 Å². The fraction of sp³-hybridized carbons (Fsp3) is 0.288. The molecule has 15 heteroatoms. The third kappa shape index (κ3) is 9.62. The zero-order valence-corrected chi connectivity index (χ0v) is 43.2. The van der Waals surface area contributed by atoms with Crippen molar-refractivity contribution < 1.29 is 19.2 Å². The van der Waals surface area contributed by atoms with E-state index in [2.05, 4.69) is 86.8 Å². The van der Waals surface area contributed by atoms with Crippen LogP contribution in [-0.4, -0.2) is 71.9 Å². The summed E-state index contributed by atoms with van der Waals surface area (Å²) in [5.74, 6) is 0.377. The number of fused-ring (bicyclic) bond motifs is 10. The summed E-state index contributed by atoms with van der Waals surface area (Å²) in [6.45, 7) is 14.5. The van der Waals surface area contributed by atoms with Gasteiger partial charge in [-0.2, -0.15) is 0 Å². The van der Waals surface area contributed by atoms with Crippen molar-refractivity contribution in [2.45, 2.75) is 82.7 Å². The van der Waals surface area contributed by atoms with Gasteiger partial charge in [-0.05, 0) is 148 Å². The number of piperidine rings is 1. The second-order valence-corrected chi connectivity index (χ2v) is 22.0. The summed E-state index contributed by atoms with van der Waals surface area (Å²) in [6, 6.07) is 29.0. The highest BCUT2D eigenvalue weighted by molar-refractivity contribution is 7.22. The molecule has 0 spiro atoms. The fourth-order valence-corrected chi connectivity index (χ4v) is 13.2. The van der Waals surface area contributed by atoms with Crippen LogP contribution in [-0.2, 0) is 9.59 Å². The van der Waals surface area contributed by atoms with Crippen LogP contribution in [0.25, 0.3) is 64.5 Å². The highest BCUT2D eigenvalue weighted by Gasteiger charge is 2.28. The maximum Gasteiger partial charge on any atom is 0.263 e. The van der Waals surface area contributed by atoms with Gasteiger partial charge < -0.3 is 37.2 Å². The summed E-state index contributed by atoms with van der Waals surface area (Å²) in [5.41, 5.74) is 11.1. The van der Waals surface area contributed by atoms with E-state index in [1.807, 2.05) is 62.4 Å². The van der Waals surface area contributed by atoms with E-state index in [1.165, 1.54) is 59.7 Å². The Balaban J connectivity index is 0.000000159. The molecule has 1 aliphatic carbocycles. The van der Waals surface area contributed by atoms with Gasteiger partial charge in [-0.1, -0.05) is 56.7 Å². The fourth-order valence-electron chi connectivity index (χ4n) is 11.0. The SMILES string of the molecule is C=CC(=O)Nc1cc(-c2ccc3c(ccc4sc5c(c43)NC[C@@H](C)NC5=O)n2)ccc1C1CCCCC1.C=CC(=O)Nc1cc(-c2ccc3c(ccc4sc5c(c43)NC[C@@H](C)NC5=O)n2)ccc1C1CCNCC1. The second kappa shape index (κ2) is 20.8. The second-order valence-electron chi connectivity index (χ2n) is 19.9. The van der Waals surface area contributed by atoms with Crippen molar-refractivity contribution in [1.82, 2.24) is 25.9 Å². The van der Waals surface area contributed by atoms with Gasteiger partial charge >= 0.3 is 0 Å². The Morgan fingerprint density at radius 1 is 0.595 bits per heavy atom. The van der Waals surface area contributed by atoms with E-state index in [0.717, 1.165) is 136 Å². The molecule has 1 saturated carbocycles. The van der Waals surface area contributed by atoms with E-state index in [4.69, 9.17) is 9.97 Å². The molecule has 4 aliphatic rings. The van der Waals surface area contributed by atoms with Crippen LogP contribution in [0.2, 0.25) is 0 Å². The van der Waals surface area contributed by atoms with Crippen LogP contribution in [0.4, 0.5) is 22.7 Å². The maximum absolute atomic E-state index is 12.7. The Morgan fingerprint density at radius 3 is 1.51 bits per heavy atom. The molecule has 0 bridgehead atoms. The van der Waals surface area contributed by atoms with Crippen molar-refractivity contribution in [3.8, 4) is 22.5 Å². The van der Waals surface area contributed by atoms with E-state index < -0.39 is 0 Å². The van der Waals surface area contributed by atoms with Crippen molar-refractivity contribution in [3.05, 3.63) is 131 Å². The molecule has 7 heterocycles. The predicted molar refractivity (Wildman–Crippen MR) is 304 cm³/mol. The minimum atomic E-state index is -0.217. The van der Waals surface area contributed by atoms with Gasteiger partial charge in [0.25, 0.3) is 11.8 Å². The van der Waals surface area contributed by atoms with Gasteiger partial charge in [-0.15, -0.1) is 22.7 Å². The summed E-state index contributed by atoms with van der Waals surface area (Å²) in [4.78, 5) is 61.4. The average Bonchev–Trinajstić information content (AvgIpc) is 3.93. The molecule has 7 N–H and O–H groups in total. The highest BCUT2D eigenvalue weighted by Crippen LogP contribution is 2.44. The van der Waals surface area contributed by atoms with Gasteiger partial charge in [0.2, 0.25) is 11.8 Å². The molecule has 0 unspecified atom stereocenters. The number of rotatable bonds is 8. The molecule has 4 amide bonds. The molecule has 2 fully saturated rings. The first kappa shape index (κ1) is 48.8. The zero-order chi connectivity index (χ0) is 51.0. The summed E-state index contributed by atoms with van der Waals surface area (Å²) >= 11 is 3.02. The van der Waals surface area contributed by atoms with E-state index in [0.29, 0.717) is 29.8 Å². The van der Waals surface area contributed by atoms with Gasteiger partial charge in [0.1, 0.15) is 9.75 Å². The van der Waals surface area contributed by atoms with Crippen LogP contribution in [0.3, 0.4) is 0 Å².